The van der Waals surface area contributed by atoms with E-state index in [1.807, 2.05) is 11.9 Å². The second-order valence-corrected chi connectivity index (χ2v) is 4.52. The van der Waals surface area contributed by atoms with Crippen LogP contribution < -0.4 is 0 Å². The van der Waals surface area contributed by atoms with Gasteiger partial charge in [-0.1, -0.05) is 13.8 Å². The number of likely N-dealkylation sites (N-methyl/N-ethyl adjacent to an activating group) is 1. The Bertz CT molecular complexity index is 233. The zero-order chi connectivity index (χ0) is 9.64. The summed E-state index contributed by atoms with van der Waals surface area (Å²) >= 11 is 0. The molecule has 0 radical (unpaired) electrons. The molecule has 3 nitrogen and oxygen atoms in total. The monoisotopic (exact) mass is 183 g/mol. The molecule has 2 fully saturated rings. The number of amides is 1. The first-order valence-corrected chi connectivity index (χ1v) is 4.98. The molecule has 1 spiro atoms. The van der Waals surface area contributed by atoms with Gasteiger partial charge in [0.2, 0.25) is 0 Å². The highest BCUT2D eigenvalue weighted by atomic mass is 16.5. The zero-order valence-electron chi connectivity index (χ0n) is 8.54. The van der Waals surface area contributed by atoms with E-state index in [-0.39, 0.29) is 5.91 Å². The number of rotatable bonds is 1. The van der Waals surface area contributed by atoms with Gasteiger partial charge < -0.3 is 9.64 Å². The van der Waals surface area contributed by atoms with Crippen LogP contribution in [0.1, 0.15) is 26.7 Å². The third-order valence-electron chi connectivity index (χ3n) is 3.40. The molecule has 3 heteroatoms. The Morgan fingerprint density at radius 2 is 2.23 bits per heavy atom. The number of ether oxygens (including phenoxy) is 1. The van der Waals surface area contributed by atoms with Gasteiger partial charge in [0, 0.05) is 25.9 Å². The van der Waals surface area contributed by atoms with Crippen LogP contribution in [0.15, 0.2) is 0 Å². The molecular formula is C10H17NO2. The highest BCUT2D eigenvalue weighted by molar-refractivity contribution is 5.88. The summed E-state index contributed by atoms with van der Waals surface area (Å²) in [5.74, 6) is 0.718. The van der Waals surface area contributed by atoms with Crippen molar-refractivity contribution in [2.75, 3.05) is 13.7 Å². The fourth-order valence-corrected chi connectivity index (χ4v) is 2.40. The van der Waals surface area contributed by atoms with Crippen molar-refractivity contribution in [1.82, 2.24) is 4.90 Å². The minimum Gasteiger partial charge on any atom is -0.365 e. The first kappa shape index (κ1) is 9.00. The van der Waals surface area contributed by atoms with E-state index in [1.54, 1.807) is 0 Å². The lowest BCUT2D eigenvalue weighted by Crippen LogP contribution is -2.49. The van der Waals surface area contributed by atoms with E-state index < -0.39 is 5.60 Å². The first-order valence-electron chi connectivity index (χ1n) is 4.98. The molecular weight excluding hydrogens is 166 g/mol. The molecule has 0 aliphatic carbocycles. The highest BCUT2D eigenvalue weighted by Crippen LogP contribution is 2.41. The summed E-state index contributed by atoms with van der Waals surface area (Å²) in [4.78, 5) is 13.7. The van der Waals surface area contributed by atoms with E-state index in [0.29, 0.717) is 12.0 Å². The average Bonchev–Trinajstić information content (AvgIpc) is 2.25. The molecule has 0 aromatic heterocycles. The molecule has 0 saturated carbocycles. The summed E-state index contributed by atoms with van der Waals surface area (Å²) < 4.78 is 5.45. The molecule has 2 rings (SSSR count). The van der Waals surface area contributed by atoms with Crippen LogP contribution in [0.25, 0.3) is 0 Å². The van der Waals surface area contributed by atoms with Gasteiger partial charge in [0.25, 0.3) is 5.91 Å². The summed E-state index contributed by atoms with van der Waals surface area (Å²) in [6, 6.07) is 0.368. The van der Waals surface area contributed by atoms with Crippen LogP contribution in [-0.4, -0.2) is 36.1 Å². The molecule has 2 aliphatic heterocycles. The van der Waals surface area contributed by atoms with Gasteiger partial charge in [-0.15, -0.1) is 0 Å². The van der Waals surface area contributed by atoms with Crippen molar-refractivity contribution in [1.29, 1.82) is 0 Å². The molecule has 0 aromatic carbocycles. The van der Waals surface area contributed by atoms with Crippen molar-refractivity contribution in [3.63, 3.8) is 0 Å². The maximum atomic E-state index is 11.8. The third-order valence-corrected chi connectivity index (χ3v) is 3.40. The fourth-order valence-electron chi connectivity index (χ4n) is 2.40. The van der Waals surface area contributed by atoms with Crippen LogP contribution >= 0.6 is 0 Å². The Balaban J connectivity index is 2.17. The lowest BCUT2D eigenvalue weighted by molar-refractivity contribution is -0.173. The molecule has 2 aliphatic rings. The second kappa shape index (κ2) is 2.71. The highest BCUT2D eigenvalue weighted by Gasteiger charge is 2.55. The van der Waals surface area contributed by atoms with Crippen molar-refractivity contribution >= 4 is 5.91 Å². The van der Waals surface area contributed by atoms with Gasteiger partial charge in [-0.2, -0.15) is 0 Å². The van der Waals surface area contributed by atoms with Gasteiger partial charge in [-0.25, -0.2) is 0 Å². The van der Waals surface area contributed by atoms with E-state index >= 15 is 0 Å². The number of likely N-dealkylation sites (tertiary alicyclic amines) is 1. The Hall–Kier alpha value is -0.570. The predicted molar refractivity (Wildman–Crippen MR) is 49.3 cm³/mol. The largest absolute Gasteiger partial charge is 0.365 e. The molecule has 0 aromatic rings. The summed E-state index contributed by atoms with van der Waals surface area (Å²) in [6.45, 7) is 5.07. The van der Waals surface area contributed by atoms with Crippen molar-refractivity contribution in [3.8, 4) is 0 Å². The summed E-state index contributed by atoms with van der Waals surface area (Å²) in [7, 11) is 1.89. The first-order chi connectivity index (χ1) is 6.07. The molecule has 0 bridgehead atoms. The standard InChI is InChI=1S/C10H17NO2/c1-7(2)8-6-10(4-5-13-10)9(12)11(8)3/h7-8H,4-6H2,1-3H3. The van der Waals surface area contributed by atoms with Crippen LogP contribution in [0, 0.1) is 5.92 Å². The normalized spacial score (nSPS) is 38.9. The molecule has 2 heterocycles. The lowest BCUT2D eigenvalue weighted by atomic mass is 9.88. The zero-order valence-corrected chi connectivity index (χ0v) is 8.54. The van der Waals surface area contributed by atoms with E-state index in [1.165, 1.54) is 0 Å². The van der Waals surface area contributed by atoms with Gasteiger partial charge in [0.05, 0.1) is 6.61 Å². The van der Waals surface area contributed by atoms with Crippen LogP contribution in [0.4, 0.5) is 0 Å². The number of carbonyl (C=O) groups is 1. The van der Waals surface area contributed by atoms with E-state index in [0.717, 1.165) is 19.4 Å². The van der Waals surface area contributed by atoms with Crippen LogP contribution in [-0.2, 0) is 9.53 Å². The molecule has 13 heavy (non-hydrogen) atoms. The van der Waals surface area contributed by atoms with Crippen LogP contribution in [0.5, 0.6) is 0 Å². The van der Waals surface area contributed by atoms with E-state index in [2.05, 4.69) is 13.8 Å². The second-order valence-electron chi connectivity index (χ2n) is 4.52. The summed E-state index contributed by atoms with van der Waals surface area (Å²) in [5.41, 5.74) is -0.413. The maximum absolute atomic E-state index is 11.8. The van der Waals surface area contributed by atoms with Gasteiger partial charge >= 0.3 is 0 Å². The Morgan fingerprint density at radius 1 is 1.62 bits per heavy atom. The molecule has 2 saturated heterocycles. The molecule has 1 amide bonds. The molecule has 74 valence electrons. The summed E-state index contributed by atoms with van der Waals surface area (Å²) in [6.07, 6.45) is 1.80. The van der Waals surface area contributed by atoms with Gasteiger partial charge in [-0.3, -0.25) is 4.79 Å². The van der Waals surface area contributed by atoms with Crippen LogP contribution in [0.2, 0.25) is 0 Å². The number of carbonyl (C=O) groups excluding carboxylic acids is 1. The van der Waals surface area contributed by atoms with Crippen molar-refractivity contribution < 1.29 is 9.53 Å². The third kappa shape index (κ3) is 1.10. The number of nitrogens with zero attached hydrogens (tertiary/aromatic N) is 1. The lowest BCUT2D eigenvalue weighted by Gasteiger charge is -2.36. The number of hydrogen-bond donors (Lipinski definition) is 0. The van der Waals surface area contributed by atoms with Crippen molar-refractivity contribution in [2.24, 2.45) is 5.92 Å². The van der Waals surface area contributed by atoms with Gasteiger partial charge in [0.15, 0.2) is 5.60 Å². The Labute approximate surface area is 79.0 Å². The van der Waals surface area contributed by atoms with Gasteiger partial charge in [0.1, 0.15) is 0 Å². The molecule has 2 unspecified atom stereocenters. The van der Waals surface area contributed by atoms with Crippen LogP contribution in [0.3, 0.4) is 0 Å². The SMILES string of the molecule is CC(C)C1CC2(CCO2)C(=O)N1C. The molecule has 0 N–H and O–H groups in total. The van der Waals surface area contributed by atoms with Crippen molar-refractivity contribution in [3.05, 3.63) is 0 Å². The van der Waals surface area contributed by atoms with Gasteiger partial charge in [-0.05, 0) is 5.92 Å². The van der Waals surface area contributed by atoms with E-state index in [9.17, 15) is 4.79 Å². The summed E-state index contributed by atoms with van der Waals surface area (Å²) in [5, 5.41) is 0. The van der Waals surface area contributed by atoms with Crippen molar-refractivity contribution in [2.45, 2.75) is 38.3 Å². The smallest absolute Gasteiger partial charge is 0.254 e. The maximum Gasteiger partial charge on any atom is 0.254 e. The quantitative estimate of drug-likeness (QED) is 0.607. The topological polar surface area (TPSA) is 29.5 Å². The predicted octanol–water partition coefficient (Wildman–Crippen LogP) is 1.03. The minimum atomic E-state index is -0.413. The number of hydrogen-bond acceptors (Lipinski definition) is 2. The fraction of sp³-hybridized carbons (Fsp3) is 0.900. The Morgan fingerprint density at radius 3 is 2.46 bits per heavy atom. The Kier molecular flexibility index (Phi) is 1.88. The average molecular weight is 183 g/mol. The molecule has 2 atom stereocenters. The minimum absolute atomic E-state index is 0.192. The van der Waals surface area contributed by atoms with E-state index in [4.69, 9.17) is 4.74 Å².